The van der Waals surface area contributed by atoms with E-state index < -0.39 is 0 Å². The molecule has 0 saturated carbocycles. The second-order valence-corrected chi connectivity index (χ2v) is 0. The number of rotatable bonds is 0. The Hall–Kier alpha value is 1.41. The Kier molecular flexibility index (Phi) is 995. The van der Waals surface area contributed by atoms with Crippen molar-refractivity contribution < 1.29 is 16.4 Å². The predicted molar refractivity (Wildman–Crippen MR) is 27.9 cm³/mol. The van der Waals surface area contributed by atoms with Crippen LogP contribution in [0, 0.1) is 0 Å². The molecule has 0 aliphatic carbocycles. The van der Waals surface area contributed by atoms with Gasteiger partial charge in [-0.1, -0.05) is 0 Å². The molecule has 5 heteroatoms. The lowest BCUT2D eigenvalue weighted by molar-refractivity contribution is 0.823. The van der Waals surface area contributed by atoms with Crippen molar-refractivity contribution in [3.8, 4) is 0 Å². The van der Waals surface area contributed by atoms with Gasteiger partial charge in [0, 0.05) is 0 Å². The summed E-state index contributed by atoms with van der Waals surface area (Å²) in [7, 11) is 0. The van der Waals surface area contributed by atoms with Gasteiger partial charge in [-0.3, -0.25) is 0 Å². The first-order valence-corrected chi connectivity index (χ1v) is 0. The van der Waals surface area contributed by atoms with Crippen LogP contribution in [0.25, 0.3) is 0 Å². The quantitative estimate of drug-likeness (QED) is 0.280. The van der Waals surface area contributed by atoms with Gasteiger partial charge in [-0.25, -0.2) is 0 Å². The van der Waals surface area contributed by atoms with Gasteiger partial charge in [0.25, 0.3) is 0 Å². The Morgan fingerprint density at radius 2 is 0.400 bits per heavy atom. The van der Waals surface area contributed by atoms with Gasteiger partial charge >= 0.3 is 46.1 Å². The second kappa shape index (κ2) is 52.8. The van der Waals surface area contributed by atoms with Gasteiger partial charge < -0.3 is 16.4 Å². The highest BCUT2D eigenvalue weighted by atomic mass is 24.3. The molecule has 0 aromatic rings. The van der Waals surface area contributed by atoms with Crippen molar-refractivity contribution in [1.82, 2.24) is 0 Å². The van der Waals surface area contributed by atoms with Crippen molar-refractivity contribution in [2.24, 2.45) is 0 Å². The molecule has 0 heterocycles. The number of hydrogen-bond acceptors (Lipinski definition) is 0. The average Bonchev–Trinajstić information content (AvgIpc) is 0. The summed E-state index contributed by atoms with van der Waals surface area (Å²) < 4.78 is 0. The van der Waals surface area contributed by atoms with E-state index in [9.17, 15) is 0 Å². The van der Waals surface area contributed by atoms with E-state index in [0.717, 1.165) is 0 Å². The molecule has 0 rings (SSSR count). The van der Waals surface area contributed by atoms with Gasteiger partial charge in [-0.05, 0) is 0 Å². The summed E-state index contributed by atoms with van der Waals surface area (Å²) >= 11 is 0. The highest BCUT2D eigenvalue weighted by Gasteiger charge is 0.317. The number of hydrogen-bond donors (Lipinski definition) is 0. The van der Waals surface area contributed by atoms with Gasteiger partial charge in [0.1, 0.15) is 0 Å². The molecule has 32 valence electrons. The smallest absolute Gasteiger partial charge is 0.316 e. The Morgan fingerprint density at radius 3 is 0.400 bits per heavy atom. The maximum Gasteiger partial charge on any atom is 0.316 e. The summed E-state index contributed by atoms with van der Waals surface area (Å²) in [6, 6.07) is 0. The van der Waals surface area contributed by atoms with E-state index in [1.807, 2.05) is 0 Å². The van der Waals surface area contributed by atoms with Crippen molar-refractivity contribution >= 4 is 46.1 Å². The molecule has 0 aromatic carbocycles. The van der Waals surface area contributed by atoms with E-state index in [4.69, 9.17) is 0 Å². The highest BCUT2D eigenvalue weighted by molar-refractivity contribution is 5.76. The third kappa shape index (κ3) is 31.6. The van der Waals surface area contributed by atoms with Crippen molar-refractivity contribution in [3.63, 3.8) is 0 Å². The Bertz CT molecular complexity index is 4.85. The van der Waals surface area contributed by atoms with E-state index in [0.29, 0.717) is 0 Å². The Morgan fingerprint density at radius 1 is 0.400 bits per heavy atom. The summed E-state index contributed by atoms with van der Waals surface area (Å²) in [6.45, 7) is 0. The van der Waals surface area contributed by atoms with Crippen LogP contribution in [0.15, 0.2) is 0 Å². The molecule has 0 radical (unpaired) electrons. The standard InChI is InChI=1S/2Mg.3H2O.4H/h;;3*1H2;;;;. The summed E-state index contributed by atoms with van der Waals surface area (Å²) in [4.78, 5) is 0. The first kappa shape index (κ1) is 94.2. The van der Waals surface area contributed by atoms with Gasteiger partial charge in [-0.15, -0.1) is 0 Å². The predicted octanol–water partition coefficient (Wildman–Crippen LogP) is -4.31. The molecule has 0 fully saturated rings. The SMILES string of the molecule is O.O.O.[MgH2].[MgH2]. The van der Waals surface area contributed by atoms with Crippen molar-refractivity contribution in [3.05, 3.63) is 0 Å². The van der Waals surface area contributed by atoms with Crippen LogP contribution < -0.4 is 0 Å². The van der Waals surface area contributed by atoms with Crippen LogP contribution in [0.3, 0.4) is 0 Å². The van der Waals surface area contributed by atoms with Crippen LogP contribution in [-0.4, -0.2) is 62.5 Å². The topological polar surface area (TPSA) is 94.5 Å². The van der Waals surface area contributed by atoms with Gasteiger partial charge in [0.2, 0.25) is 0 Å². The third-order valence-corrected chi connectivity index (χ3v) is 0. The molecular weight excluding hydrogens is 96.6 g/mol. The largest absolute Gasteiger partial charge is 0.412 e. The lowest BCUT2D eigenvalue weighted by atomic mass is 16.0. The van der Waals surface area contributed by atoms with Crippen LogP contribution in [-0.2, 0) is 0 Å². The summed E-state index contributed by atoms with van der Waals surface area (Å²) in [5, 5.41) is 0. The van der Waals surface area contributed by atoms with Crippen LogP contribution >= 0.6 is 0 Å². The van der Waals surface area contributed by atoms with Crippen LogP contribution in [0.4, 0.5) is 0 Å². The molecule has 0 spiro atoms. The van der Waals surface area contributed by atoms with E-state index in [1.165, 1.54) is 0 Å². The fourth-order valence-corrected chi connectivity index (χ4v) is 0. The lowest BCUT2D eigenvalue weighted by Crippen LogP contribution is -0.382. The maximum atomic E-state index is 0. The summed E-state index contributed by atoms with van der Waals surface area (Å²) in [5.74, 6) is 0. The van der Waals surface area contributed by atoms with E-state index in [2.05, 4.69) is 0 Å². The molecule has 0 aliphatic heterocycles. The maximum absolute atomic E-state index is 0. The van der Waals surface area contributed by atoms with Crippen LogP contribution in [0.1, 0.15) is 0 Å². The average molecular weight is 107 g/mol. The highest BCUT2D eigenvalue weighted by Crippen LogP contribution is -0.287. The fraction of sp³-hybridized carbons (Fsp3) is 0. The van der Waals surface area contributed by atoms with Gasteiger partial charge in [-0.2, -0.15) is 0 Å². The minimum atomic E-state index is 0. The van der Waals surface area contributed by atoms with Gasteiger partial charge in [0.05, 0.1) is 0 Å². The molecule has 3 nitrogen and oxygen atoms in total. The molecule has 0 atom stereocenters. The van der Waals surface area contributed by atoms with E-state index in [-0.39, 0.29) is 62.5 Å². The Balaban J connectivity index is 0. The van der Waals surface area contributed by atoms with Gasteiger partial charge in [0.15, 0.2) is 0 Å². The summed E-state index contributed by atoms with van der Waals surface area (Å²) in [6.07, 6.45) is 0. The molecule has 0 bridgehead atoms. The lowest BCUT2D eigenvalue weighted by Gasteiger charge is -0.413. The molecule has 0 saturated heterocycles. The van der Waals surface area contributed by atoms with E-state index >= 15 is 0 Å². The zero-order valence-electron chi connectivity index (χ0n) is 1.50. The van der Waals surface area contributed by atoms with Crippen LogP contribution in [0.5, 0.6) is 0 Å². The zero-order valence-corrected chi connectivity index (χ0v) is 1.50. The van der Waals surface area contributed by atoms with E-state index in [1.54, 1.807) is 0 Å². The second-order valence-electron chi connectivity index (χ2n) is 0. The Labute approximate surface area is 62.4 Å². The summed E-state index contributed by atoms with van der Waals surface area (Å²) in [5.41, 5.74) is 0. The molecule has 0 aromatic heterocycles. The fourth-order valence-electron chi connectivity index (χ4n) is 0. The molecule has 6 N–H and O–H groups in total. The molecule has 0 unspecified atom stereocenters. The zero-order chi connectivity index (χ0) is 0. The minimum absolute atomic E-state index is 0. The van der Waals surface area contributed by atoms with Crippen molar-refractivity contribution in [2.45, 2.75) is 0 Å². The molecule has 0 amide bonds. The monoisotopic (exact) mass is 106 g/mol. The molecular formula is H10Mg2O3. The van der Waals surface area contributed by atoms with Crippen LogP contribution in [0.2, 0.25) is 0 Å². The van der Waals surface area contributed by atoms with Crippen molar-refractivity contribution in [2.75, 3.05) is 0 Å². The first-order valence-electron chi connectivity index (χ1n) is 0. The molecule has 5 heavy (non-hydrogen) atoms. The minimum Gasteiger partial charge on any atom is -0.412 e. The molecule has 0 aliphatic rings. The third-order valence-electron chi connectivity index (χ3n) is 0. The van der Waals surface area contributed by atoms with Crippen molar-refractivity contribution in [1.29, 1.82) is 0 Å². The normalized spacial score (nSPS) is 0. The first-order chi connectivity index (χ1) is 0.